The minimum atomic E-state index is -4.33. The first-order valence-electron chi connectivity index (χ1n) is 6.07. The Labute approximate surface area is 118 Å². The second-order valence-electron chi connectivity index (χ2n) is 4.70. The van der Waals surface area contributed by atoms with E-state index >= 15 is 0 Å². The van der Waals surface area contributed by atoms with Crippen LogP contribution in [0.1, 0.15) is 24.1 Å². The third kappa shape index (κ3) is 2.35. The van der Waals surface area contributed by atoms with Crippen LogP contribution in [-0.4, -0.2) is 16.0 Å². The maximum absolute atomic E-state index is 13.1. The molecule has 0 aliphatic carbocycles. The fourth-order valence-electron chi connectivity index (χ4n) is 2.42. The lowest BCUT2D eigenvalue weighted by atomic mass is 9.97. The molecule has 2 aromatic rings. The van der Waals surface area contributed by atoms with Crippen LogP contribution in [0.5, 0.6) is 0 Å². The van der Waals surface area contributed by atoms with Crippen molar-refractivity contribution in [2.45, 2.75) is 24.7 Å². The standard InChI is InChI=1S/C13H11ClF3N3/c14-9-3-1-8(2-4-9)10-7-11(13(15,16)17)20-12(19-10)5-6-18-20/h1-6,10-11,19H,7H2/t10-,11+/m1/s1. The Morgan fingerprint density at radius 2 is 1.90 bits per heavy atom. The normalized spacial score (nSPS) is 22.2. The lowest BCUT2D eigenvalue weighted by Crippen LogP contribution is -2.35. The van der Waals surface area contributed by atoms with E-state index in [1.807, 2.05) is 0 Å². The van der Waals surface area contributed by atoms with Crippen LogP contribution >= 0.6 is 11.6 Å². The summed E-state index contributed by atoms with van der Waals surface area (Å²) in [7, 11) is 0. The van der Waals surface area contributed by atoms with E-state index in [0.29, 0.717) is 10.8 Å². The number of hydrogen-bond acceptors (Lipinski definition) is 2. The molecule has 0 spiro atoms. The van der Waals surface area contributed by atoms with Crippen LogP contribution in [0.15, 0.2) is 36.5 Å². The van der Waals surface area contributed by atoms with E-state index < -0.39 is 18.3 Å². The molecule has 0 radical (unpaired) electrons. The topological polar surface area (TPSA) is 29.9 Å². The predicted molar refractivity (Wildman–Crippen MR) is 69.8 cm³/mol. The van der Waals surface area contributed by atoms with Crippen LogP contribution in [0.25, 0.3) is 0 Å². The van der Waals surface area contributed by atoms with Crippen molar-refractivity contribution in [1.29, 1.82) is 0 Å². The highest BCUT2D eigenvalue weighted by molar-refractivity contribution is 6.30. The number of rotatable bonds is 1. The number of anilines is 1. The highest BCUT2D eigenvalue weighted by Gasteiger charge is 2.46. The van der Waals surface area contributed by atoms with Crippen LogP contribution in [0.2, 0.25) is 5.02 Å². The monoisotopic (exact) mass is 301 g/mol. The molecule has 7 heteroatoms. The number of benzene rings is 1. The van der Waals surface area contributed by atoms with Crippen LogP contribution in [0.3, 0.4) is 0 Å². The SMILES string of the molecule is FC(F)(F)[C@@H]1C[C@H](c2ccc(Cl)cc2)Nc2ccnn21. The predicted octanol–water partition coefficient (Wildman–Crippen LogP) is 4.20. The van der Waals surface area contributed by atoms with Crippen molar-refractivity contribution in [3.63, 3.8) is 0 Å². The van der Waals surface area contributed by atoms with Gasteiger partial charge in [-0.3, -0.25) is 0 Å². The van der Waals surface area contributed by atoms with Gasteiger partial charge in [-0.15, -0.1) is 0 Å². The van der Waals surface area contributed by atoms with Gasteiger partial charge in [-0.2, -0.15) is 18.3 Å². The smallest absolute Gasteiger partial charge is 0.363 e. The van der Waals surface area contributed by atoms with Crippen molar-refractivity contribution in [3.8, 4) is 0 Å². The fourth-order valence-corrected chi connectivity index (χ4v) is 2.55. The summed E-state index contributed by atoms with van der Waals surface area (Å²) < 4.78 is 40.4. The molecule has 0 amide bonds. The Morgan fingerprint density at radius 3 is 2.55 bits per heavy atom. The van der Waals surface area contributed by atoms with E-state index in [0.717, 1.165) is 10.2 Å². The molecule has 1 aliphatic heterocycles. The average Bonchev–Trinajstić information content (AvgIpc) is 2.85. The number of nitrogens with one attached hydrogen (secondary N) is 1. The molecule has 0 fully saturated rings. The molecular weight excluding hydrogens is 291 g/mol. The van der Waals surface area contributed by atoms with Gasteiger partial charge in [0.2, 0.25) is 0 Å². The van der Waals surface area contributed by atoms with Crippen molar-refractivity contribution in [2.75, 3.05) is 5.32 Å². The second-order valence-corrected chi connectivity index (χ2v) is 5.14. The van der Waals surface area contributed by atoms with Crippen LogP contribution in [0.4, 0.5) is 19.0 Å². The summed E-state index contributed by atoms with van der Waals surface area (Å²) in [4.78, 5) is 0. The minimum Gasteiger partial charge on any atom is -0.363 e. The van der Waals surface area contributed by atoms with E-state index in [4.69, 9.17) is 11.6 Å². The highest BCUT2D eigenvalue weighted by atomic mass is 35.5. The first-order chi connectivity index (χ1) is 9.45. The number of nitrogens with zero attached hydrogens (tertiary/aromatic N) is 2. The molecule has 0 unspecified atom stereocenters. The summed E-state index contributed by atoms with van der Waals surface area (Å²) in [6.45, 7) is 0. The van der Waals surface area contributed by atoms with Gasteiger partial charge in [0.25, 0.3) is 0 Å². The molecule has 1 N–H and O–H groups in total. The van der Waals surface area contributed by atoms with Gasteiger partial charge in [-0.05, 0) is 17.7 Å². The second kappa shape index (κ2) is 4.70. The van der Waals surface area contributed by atoms with Gasteiger partial charge in [-0.25, -0.2) is 4.68 Å². The van der Waals surface area contributed by atoms with Crippen molar-refractivity contribution in [3.05, 3.63) is 47.1 Å². The molecule has 1 aliphatic rings. The van der Waals surface area contributed by atoms with E-state index in [1.54, 1.807) is 30.3 Å². The molecule has 1 aromatic carbocycles. The van der Waals surface area contributed by atoms with Gasteiger partial charge < -0.3 is 5.32 Å². The maximum Gasteiger partial charge on any atom is 0.410 e. The number of aromatic nitrogens is 2. The van der Waals surface area contributed by atoms with Gasteiger partial charge >= 0.3 is 6.18 Å². The lowest BCUT2D eigenvalue weighted by Gasteiger charge is -2.33. The number of halogens is 4. The van der Waals surface area contributed by atoms with Gasteiger partial charge in [0.15, 0.2) is 6.04 Å². The molecule has 2 heterocycles. The summed E-state index contributed by atoms with van der Waals surface area (Å²) in [5.74, 6) is 0.374. The summed E-state index contributed by atoms with van der Waals surface area (Å²) in [5.41, 5.74) is 0.774. The lowest BCUT2D eigenvalue weighted by molar-refractivity contribution is -0.173. The summed E-state index contributed by atoms with van der Waals surface area (Å²) in [6.07, 6.45) is -3.06. The van der Waals surface area contributed by atoms with Crippen molar-refractivity contribution < 1.29 is 13.2 Å². The number of fused-ring (bicyclic) bond motifs is 1. The largest absolute Gasteiger partial charge is 0.410 e. The third-order valence-corrected chi connectivity index (χ3v) is 3.65. The van der Waals surface area contributed by atoms with Crippen molar-refractivity contribution in [2.24, 2.45) is 0 Å². The molecule has 0 saturated carbocycles. The third-order valence-electron chi connectivity index (χ3n) is 3.40. The zero-order chi connectivity index (χ0) is 14.3. The van der Waals surface area contributed by atoms with Gasteiger partial charge in [0, 0.05) is 17.5 Å². The maximum atomic E-state index is 13.1. The van der Waals surface area contributed by atoms with E-state index in [9.17, 15) is 13.2 Å². The molecule has 1 aromatic heterocycles. The Hall–Kier alpha value is -1.69. The molecule has 106 valence electrons. The van der Waals surface area contributed by atoms with Gasteiger partial charge in [0.05, 0.1) is 12.2 Å². The first kappa shape index (κ1) is 13.3. The van der Waals surface area contributed by atoms with Crippen LogP contribution in [-0.2, 0) is 0 Å². The molecular formula is C13H11ClF3N3. The molecule has 0 saturated heterocycles. The Bertz CT molecular complexity index is 606. The Balaban J connectivity index is 1.95. The quantitative estimate of drug-likeness (QED) is 0.855. The average molecular weight is 302 g/mol. The summed E-state index contributed by atoms with van der Waals surface area (Å²) >= 11 is 5.80. The van der Waals surface area contributed by atoms with Gasteiger partial charge in [0.1, 0.15) is 5.82 Å². The zero-order valence-electron chi connectivity index (χ0n) is 10.2. The van der Waals surface area contributed by atoms with E-state index in [2.05, 4.69) is 10.4 Å². The van der Waals surface area contributed by atoms with E-state index in [-0.39, 0.29) is 6.42 Å². The van der Waals surface area contributed by atoms with Crippen LogP contribution in [0, 0.1) is 0 Å². The zero-order valence-corrected chi connectivity index (χ0v) is 11.0. The Morgan fingerprint density at radius 1 is 1.20 bits per heavy atom. The molecule has 3 nitrogen and oxygen atoms in total. The number of alkyl halides is 3. The summed E-state index contributed by atoms with van der Waals surface area (Å²) in [5, 5.41) is 7.39. The number of hydrogen-bond donors (Lipinski definition) is 1. The minimum absolute atomic E-state index is 0.0974. The van der Waals surface area contributed by atoms with Crippen molar-refractivity contribution >= 4 is 17.4 Å². The molecule has 20 heavy (non-hydrogen) atoms. The first-order valence-corrected chi connectivity index (χ1v) is 6.45. The Kier molecular flexibility index (Phi) is 3.12. The molecule has 3 rings (SSSR count). The summed E-state index contributed by atoms with van der Waals surface area (Å²) in [6, 6.07) is 6.33. The highest BCUT2D eigenvalue weighted by Crippen LogP contribution is 2.43. The molecule has 0 bridgehead atoms. The van der Waals surface area contributed by atoms with Gasteiger partial charge in [-0.1, -0.05) is 23.7 Å². The van der Waals surface area contributed by atoms with Crippen molar-refractivity contribution in [1.82, 2.24) is 9.78 Å². The fraction of sp³-hybridized carbons (Fsp3) is 0.308. The molecule has 2 atom stereocenters. The van der Waals surface area contributed by atoms with E-state index in [1.165, 1.54) is 6.20 Å². The van der Waals surface area contributed by atoms with Crippen LogP contribution < -0.4 is 5.32 Å².